The molecule has 4 fully saturated rings. The van der Waals surface area contributed by atoms with Crippen LogP contribution >= 0.6 is 12.4 Å². The highest BCUT2D eigenvalue weighted by atomic mass is 35.5. The van der Waals surface area contributed by atoms with Crippen LogP contribution in [0.3, 0.4) is 0 Å². The third-order valence-electron chi connectivity index (χ3n) is 7.13. The molecular formula is C20H34ClN3O2. The number of carbonyl (C=O) groups is 2. The smallest absolute Gasteiger partial charge is 0.225 e. The van der Waals surface area contributed by atoms with Gasteiger partial charge < -0.3 is 16.0 Å². The van der Waals surface area contributed by atoms with Crippen molar-refractivity contribution in [1.82, 2.24) is 10.2 Å². The fourth-order valence-electron chi connectivity index (χ4n) is 5.35. The topological polar surface area (TPSA) is 75.4 Å². The minimum absolute atomic E-state index is 0. The molecule has 6 heteroatoms. The SMILES string of the molecule is Cl.NC1C2CCCC1CC(C(=O)N1CCCC(C(=O)NCC3CC3)C1)C2. The first-order chi connectivity index (χ1) is 12.1. The lowest BCUT2D eigenvalue weighted by Crippen LogP contribution is -2.52. The normalized spacial score (nSPS) is 36.8. The first-order valence-corrected chi connectivity index (χ1v) is 10.4. The van der Waals surface area contributed by atoms with Crippen molar-refractivity contribution in [2.24, 2.45) is 35.3 Å². The Kier molecular flexibility index (Phi) is 6.50. The first kappa shape index (κ1) is 19.9. The van der Waals surface area contributed by atoms with E-state index in [9.17, 15) is 9.59 Å². The Labute approximate surface area is 163 Å². The summed E-state index contributed by atoms with van der Waals surface area (Å²) in [5.74, 6) is 2.35. The van der Waals surface area contributed by atoms with E-state index in [4.69, 9.17) is 5.73 Å². The van der Waals surface area contributed by atoms with Crippen LogP contribution in [0.1, 0.15) is 57.8 Å². The molecule has 26 heavy (non-hydrogen) atoms. The lowest BCUT2D eigenvalue weighted by molar-refractivity contribution is -0.142. The van der Waals surface area contributed by atoms with Gasteiger partial charge in [0.1, 0.15) is 0 Å². The van der Waals surface area contributed by atoms with Gasteiger partial charge in [-0.15, -0.1) is 12.4 Å². The van der Waals surface area contributed by atoms with Crippen LogP contribution in [0.15, 0.2) is 0 Å². The molecule has 3 saturated carbocycles. The number of rotatable bonds is 4. The van der Waals surface area contributed by atoms with Gasteiger partial charge in [0, 0.05) is 31.6 Å². The van der Waals surface area contributed by atoms with Gasteiger partial charge in [-0.3, -0.25) is 9.59 Å². The second-order valence-corrected chi connectivity index (χ2v) is 9.01. The van der Waals surface area contributed by atoms with E-state index < -0.39 is 0 Å². The Balaban J connectivity index is 0.00000196. The van der Waals surface area contributed by atoms with Gasteiger partial charge in [0.05, 0.1) is 5.92 Å². The summed E-state index contributed by atoms with van der Waals surface area (Å²) in [6, 6.07) is 0.306. The van der Waals surface area contributed by atoms with Crippen LogP contribution in [0.25, 0.3) is 0 Å². The van der Waals surface area contributed by atoms with Gasteiger partial charge in [0.15, 0.2) is 0 Å². The van der Waals surface area contributed by atoms with Crippen LogP contribution < -0.4 is 11.1 Å². The van der Waals surface area contributed by atoms with Gasteiger partial charge in [-0.2, -0.15) is 0 Å². The highest BCUT2D eigenvalue weighted by Gasteiger charge is 2.42. The summed E-state index contributed by atoms with van der Waals surface area (Å²) >= 11 is 0. The van der Waals surface area contributed by atoms with Crippen LogP contribution in [0.2, 0.25) is 0 Å². The molecule has 0 spiro atoms. The number of hydrogen-bond donors (Lipinski definition) is 2. The maximum atomic E-state index is 13.1. The molecule has 148 valence electrons. The molecule has 1 saturated heterocycles. The second kappa shape index (κ2) is 8.47. The maximum Gasteiger partial charge on any atom is 0.225 e. The van der Waals surface area contributed by atoms with Crippen LogP contribution in [0.5, 0.6) is 0 Å². The van der Waals surface area contributed by atoms with Gasteiger partial charge in [-0.05, 0) is 69.1 Å². The van der Waals surface area contributed by atoms with E-state index in [0.717, 1.165) is 38.8 Å². The van der Waals surface area contributed by atoms with E-state index in [1.165, 1.54) is 32.1 Å². The molecule has 0 radical (unpaired) electrons. The zero-order valence-corrected chi connectivity index (χ0v) is 16.5. The first-order valence-electron chi connectivity index (χ1n) is 10.4. The van der Waals surface area contributed by atoms with Gasteiger partial charge in [0.25, 0.3) is 0 Å². The van der Waals surface area contributed by atoms with Gasteiger partial charge >= 0.3 is 0 Å². The maximum absolute atomic E-state index is 13.1. The minimum Gasteiger partial charge on any atom is -0.356 e. The molecule has 3 unspecified atom stereocenters. The fourth-order valence-corrected chi connectivity index (χ4v) is 5.35. The largest absolute Gasteiger partial charge is 0.356 e. The quantitative estimate of drug-likeness (QED) is 0.782. The van der Waals surface area contributed by atoms with Gasteiger partial charge in [0.2, 0.25) is 11.8 Å². The van der Waals surface area contributed by atoms with Crippen molar-refractivity contribution >= 4 is 24.2 Å². The van der Waals surface area contributed by atoms with Crippen molar-refractivity contribution in [3.8, 4) is 0 Å². The Morgan fingerprint density at radius 2 is 1.65 bits per heavy atom. The summed E-state index contributed by atoms with van der Waals surface area (Å²) in [6.45, 7) is 2.27. The fraction of sp³-hybridized carbons (Fsp3) is 0.900. The average molecular weight is 384 g/mol. The summed E-state index contributed by atoms with van der Waals surface area (Å²) in [4.78, 5) is 27.5. The Morgan fingerprint density at radius 1 is 0.962 bits per heavy atom. The Morgan fingerprint density at radius 3 is 2.31 bits per heavy atom. The minimum atomic E-state index is -0.0122. The molecule has 1 aliphatic heterocycles. The van der Waals surface area contributed by atoms with Crippen LogP contribution in [0.4, 0.5) is 0 Å². The van der Waals surface area contributed by atoms with E-state index in [1.807, 2.05) is 4.90 Å². The molecule has 5 nitrogen and oxygen atoms in total. The summed E-state index contributed by atoms with van der Waals surface area (Å²) in [5, 5.41) is 3.10. The van der Waals surface area contributed by atoms with E-state index in [1.54, 1.807) is 0 Å². The molecule has 0 aromatic rings. The monoisotopic (exact) mass is 383 g/mol. The molecule has 4 rings (SSSR count). The van der Waals surface area contributed by atoms with Gasteiger partial charge in [-0.25, -0.2) is 0 Å². The number of hydrogen-bond acceptors (Lipinski definition) is 3. The predicted octanol–water partition coefficient (Wildman–Crippen LogP) is 2.33. The van der Waals surface area contributed by atoms with Crippen molar-refractivity contribution in [3.05, 3.63) is 0 Å². The predicted molar refractivity (Wildman–Crippen MR) is 104 cm³/mol. The number of piperidine rings is 1. The number of nitrogens with two attached hydrogens (primary N) is 1. The number of nitrogens with zero attached hydrogens (tertiary/aromatic N) is 1. The molecule has 2 bridgehead atoms. The van der Waals surface area contributed by atoms with Crippen LogP contribution in [0, 0.1) is 29.6 Å². The molecule has 2 amide bonds. The van der Waals surface area contributed by atoms with Crippen molar-refractivity contribution in [3.63, 3.8) is 0 Å². The number of halogens is 1. The van der Waals surface area contributed by atoms with E-state index in [0.29, 0.717) is 36.2 Å². The molecule has 1 heterocycles. The number of nitrogens with one attached hydrogen (secondary N) is 1. The van der Waals surface area contributed by atoms with Gasteiger partial charge in [-0.1, -0.05) is 6.42 Å². The highest BCUT2D eigenvalue weighted by molar-refractivity contribution is 5.85. The summed E-state index contributed by atoms with van der Waals surface area (Å²) in [5.41, 5.74) is 6.37. The molecule has 4 aliphatic rings. The third kappa shape index (κ3) is 4.36. The standard InChI is InChI=1S/C20H33N3O2.ClH/c21-18-14-3-1-4-15(18)10-17(9-14)20(25)23-8-2-5-16(12-23)19(24)22-11-13-6-7-13;/h13-18H,1-12,21H2,(H,22,24);1H. The van der Waals surface area contributed by atoms with E-state index in [-0.39, 0.29) is 30.2 Å². The number of likely N-dealkylation sites (tertiary alicyclic amines) is 1. The molecule has 0 aromatic carbocycles. The summed E-state index contributed by atoms with van der Waals surface area (Å²) in [7, 11) is 0. The Hall–Kier alpha value is -0.810. The van der Waals surface area contributed by atoms with Crippen LogP contribution in [-0.4, -0.2) is 42.4 Å². The van der Waals surface area contributed by atoms with E-state index >= 15 is 0 Å². The number of amides is 2. The molecule has 3 N–H and O–H groups in total. The lowest BCUT2D eigenvalue weighted by atomic mass is 9.65. The third-order valence-corrected chi connectivity index (χ3v) is 7.13. The summed E-state index contributed by atoms with van der Waals surface area (Å²) < 4.78 is 0. The lowest BCUT2D eigenvalue weighted by Gasteiger charge is -2.45. The van der Waals surface area contributed by atoms with Crippen molar-refractivity contribution in [2.45, 2.75) is 63.8 Å². The molecular weight excluding hydrogens is 350 g/mol. The molecule has 3 aliphatic carbocycles. The second-order valence-electron chi connectivity index (χ2n) is 9.01. The van der Waals surface area contributed by atoms with E-state index in [2.05, 4.69) is 5.32 Å². The van der Waals surface area contributed by atoms with Crippen molar-refractivity contribution < 1.29 is 9.59 Å². The number of carbonyl (C=O) groups excluding carboxylic acids is 2. The molecule has 0 aromatic heterocycles. The zero-order valence-electron chi connectivity index (χ0n) is 15.7. The van der Waals surface area contributed by atoms with Crippen molar-refractivity contribution in [2.75, 3.05) is 19.6 Å². The molecule has 3 atom stereocenters. The van der Waals surface area contributed by atoms with Crippen LogP contribution in [-0.2, 0) is 9.59 Å². The summed E-state index contributed by atoms with van der Waals surface area (Å²) in [6.07, 6.45) is 9.95. The Bertz CT molecular complexity index is 511. The average Bonchev–Trinajstić information content (AvgIpc) is 3.43. The number of fused-ring (bicyclic) bond motifs is 2. The van der Waals surface area contributed by atoms with Crippen molar-refractivity contribution in [1.29, 1.82) is 0 Å². The highest BCUT2D eigenvalue weighted by Crippen LogP contribution is 2.42. The zero-order chi connectivity index (χ0) is 17.4.